The zero-order valence-corrected chi connectivity index (χ0v) is 13.5. The van der Waals surface area contributed by atoms with Gasteiger partial charge in [-0.25, -0.2) is 9.18 Å². The SMILES string of the molecule is C[C@H](OC(=O)c1ccc2c(c1)OCCO2)C(=O)Nc1ccc(F)cc1. The average Bonchev–Trinajstić information content (AvgIpc) is 2.63. The van der Waals surface area contributed by atoms with Crippen LogP contribution in [0.1, 0.15) is 17.3 Å². The summed E-state index contributed by atoms with van der Waals surface area (Å²) in [7, 11) is 0. The number of amides is 1. The smallest absolute Gasteiger partial charge is 0.339 e. The summed E-state index contributed by atoms with van der Waals surface area (Å²) in [5.41, 5.74) is 0.666. The van der Waals surface area contributed by atoms with Gasteiger partial charge in [0, 0.05) is 5.69 Å². The van der Waals surface area contributed by atoms with Gasteiger partial charge >= 0.3 is 5.97 Å². The fourth-order valence-electron chi connectivity index (χ4n) is 2.23. The van der Waals surface area contributed by atoms with Crippen LogP contribution in [0.3, 0.4) is 0 Å². The summed E-state index contributed by atoms with van der Waals surface area (Å²) >= 11 is 0. The third kappa shape index (κ3) is 4.06. The van der Waals surface area contributed by atoms with Crippen LogP contribution in [0.2, 0.25) is 0 Å². The van der Waals surface area contributed by atoms with Crippen molar-refractivity contribution in [2.24, 2.45) is 0 Å². The van der Waals surface area contributed by atoms with Gasteiger partial charge in [-0.3, -0.25) is 4.79 Å². The summed E-state index contributed by atoms with van der Waals surface area (Å²) in [6.07, 6.45) is -1.02. The van der Waals surface area contributed by atoms with Crippen LogP contribution in [-0.2, 0) is 9.53 Å². The van der Waals surface area contributed by atoms with E-state index in [1.54, 1.807) is 12.1 Å². The van der Waals surface area contributed by atoms with Gasteiger partial charge in [0.25, 0.3) is 5.91 Å². The molecule has 2 aromatic rings. The second kappa shape index (κ2) is 7.21. The third-order valence-electron chi connectivity index (χ3n) is 3.54. The molecule has 1 aliphatic heterocycles. The fourth-order valence-corrected chi connectivity index (χ4v) is 2.23. The third-order valence-corrected chi connectivity index (χ3v) is 3.54. The van der Waals surface area contributed by atoms with E-state index in [-0.39, 0.29) is 5.56 Å². The van der Waals surface area contributed by atoms with Crippen molar-refractivity contribution < 1.29 is 28.2 Å². The monoisotopic (exact) mass is 345 g/mol. The van der Waals surface area contributed by atoms with Gasteiger partial charge in [-0.05, 0) is 49.4 Å². The molecule has 1 atom stereocenters. The van der Waals surface area contributed by atoms with E-state index >= 15 is 0 Å². The van der Waals surface area contributed by atoms with Gasteiger partial charge in [0.15, 0.2) is 17.6 Å². The summed E-state index contributed by atoms with van der Waals surface area (Å²) in [4.78, 5) is 24.3. The summed E-state index contributed by atoms with van der Waals surface area (Å²) in [5.74, 6) is -0.554. The Morgan fingerprint density at radius 1 is 1.08 bits per heavy atom. The number of hydrogen-bond acceptors (Lipinski definition) is 5. The second-order valence-electron chi connectivity index (χ2n) is 5.40. The zero-order valence-electron chi connectivity index (χ0n) is 13.5. The number of esters is 1. The molecule has 0 spiro atoms. The van der Waals surface area contributed by atoms with Gasteiger partial charge < -0.3 is 19.5 Å². The molecule has 3 rings (SSSR count). The lowest BCUT2D eigenvalue weighted by Crippen LogP contribution is -2.30. The van der Waals surface area contributed by atoms with E-state index in [0.717, 1.165) is 0 Å². The molecule has 6 nitrogen and oxygen atoms in total. The highest BCUT2D eigenvalue weighted by Gasteiger charge is 2.21. The van der Waals surface area contributed by atoms with E-state index < -0.39 is 23.8 Å². The largest absolute Gasteiger partial charge is 0.486 e. The first-order chi connectivity index (χ1) is 12.0. The Kier molecular flexibility index (Phi) is 4.83. The van der Waals surface area contributed by atoms with Crippen molar-refractivity contribution >= 4 is 17.6 Å². The number of ether oxygens (including phenoxy) is 3. The molecule has 0 saturated carbocycles. The molecule has 25 heavy (non-hydrogen) atoms. The summed E-state index contributed by atoms with van der Waals surface area (Å²) in [6, 6.07) is 9.96. The molecule has 2 aromatic carbocycles. The first kappa shape index (κ1) is 16.8. The molecule has 0 unspecified atom stereocenters. The molecule has 0 aromatic heterocycles. The lowest BCUT2D eigenvalue weighted by Gasteiger charge is -2.19. The van der Waals surface area contributed by atoms with Crippen molar-refractivity contribution in [3.63, 3.8) is 0 Å². The molecule has 1 amide bonds. The zero-order chi connectivity index (χ0) is 17.8. The molecular formula is C18H16FNO5. The van der Waals surface area contributed by atoms with Crippen LogP contribution in [0.4, 0.5) is 10.1 Å². The first-order valence-corrected chi connectivity index (χ1v) is 7.70. The highest BCUT2D eigenvalue weighted by atomic mass is 19.1. The molecule has 130 valence electrons. The quantitative estimate of drug-likeness (QED) is 0.863. The number of anilines is 1. The van der Waals surface area contributed by atoms with Crippen LogP contribution in [-0.4, -0.2) is 31.2 Å². The molecular weight excluding hydrogens is 329 g/mol. The van der Waals surface area contributed by atoms with Crippen molar-refractivity contribution in [1.29, 1.82) is 0 Å². The molecule has 0 aliphatic carbocycles. The topological polar surface area (TPSA) is 73.9 Å². The number of halogens is 1. The Bertz CT molecular complexity index is 791. The van der Waals surface area contributed by atoms with E-state index in [0.29, 0.717) is 30.4 Å². The van der Waals surface area contributed by atoms with Gasteiger partial charge in [-0.2, -0.15) is 0 Å². The molecule has 1 aliphatic rings. The molecule has 1 N–H and O–H groups in total. The molecule has 0 bridgehead atoms. The highest BCUT2D eigenvalue weighted by Crippen LogP contribution is 2.31. The van der Waals surface area contributed by atoms with Crippen molar-refractivity contribution in [2.45, 2.75) is 13.0 Å². The minimum Gasteiger partial charge on any atom is -0.486 e. The van der Waals surface area contributed by atoms with Crippen LogP contribution >= 0.6 is 0 Å². The second-order valence-corrected chi connectivity index (χ2v) is 5.40. The van der Waals surface area contributed by atoms with Crippen molar-refractivity contribution in [3.8, 4) is 11.5 Å². The van der Waals surface area contributed by atoms with Gasteiger partial charge in [-0.15, -0.1) is 0 Å². The van der Waals surface area contributed by atoms with Gasteiger partial charge in [0.05, 0.1) is 5.56 Å². The molecule has 7 heteroatoms. The number of carbonyl (C=O) groups is 2. The van der Waals surface area contributed by atoms with Crippen molar-refractivity contribution in [1.82, 2.24) is 0 Å². The number of fused-ring (bicyclic) bond motifs is 1. The van der Waals surface area contributed by atoms with E-state index in [1.165, 1.54) is 37.3 Å². The van der Waals surface area contributed by atoms with Crippen LogP contribution in [0.15, 0.2) is 42.5 Å². The number of rotatable bonds is 4. The van der Waals surface area contributed by atoms with Crippen molar-refractivity contribution in [3.05, 3.63) is 53.8 Å². The van der Waals surface area contributed by atoms with E-state index in [4.69, 9.17) is 14.2 Å². The van der Waals surface area contributed by atoms with Gasteiger partial charge in [0.1, 0.15) is 19.0 Å². The number of nitrogens with one attached hydrogen (secondary N) is 1. The minimum atomic E-state index is -1.02. The number of hydrogen-bond donors (Lipinski definition) is 1. The maximum atomic E-state index is 12.9. The van der Waals surface area contributed by atoms with Gasteiger partial charge in [0.2, 0.25) is 0 Å². The maximum Gasteiger partial charge on any atom is 0.339 e. The first-order valence-electron chi connectivity index (χ1n) is 7.70. The number of carbonyl (C=O) groups excluding carboxylic acids is 2. The van der Waals surface area contributed by atoms with Crippen LogP contribution in [0.25, 0.3) is 0 Å². The summed E-state index contributed by atoms with van der Waals surface area (Å²) in [5, 5.41) is 2.55. The molecule has 0 fully saturated rings. The van der Waals surface area contributed by atoms with E-state index in [9.17, 15) is 14.0 Å². The lowest BCUT2D eigenvalue weighted by atomic mass is 10.2. The normalized spacial score (nSPS) is 13.7. The minimum absolute atomic E-state index is 0.255. The van der Waals surface area contributed by atoms with Crippen LogP contribution in [0, 0.1) is 5.82 Å². The Morgan fingerprint density at radius 2 is 1.76 bits per heavy atom. The van der Waals surface area contributed by atoms with Crippen LogP contribution in [0.5, 0.6) is 11.5 Å². The van der Waals surface area contributed by atoms with Gasteiger partial charge in [-0.1, -0.05) is 0 Å². The highest BCUT2D eigenvalue weighted by molar-refractivity contribution is 5.97. The summed E-state index contributed by atoms with van der Waals surface area (Å²) < 4.78 is 28.8. The Morgan fingerprint density at radius 3 is 2.48 bits per heavy atom. The average molecular weight is 345 g/mol. The molecule has 1 heterocycles. The molecule has 0 saturated heterocycles. The van der Waals surface area contributed by atoms with E-state index in [1.807, 2.05) is 0 Å². The fraction of sp³-hybridized carbons (Fsp3) is 0.222. The Hall–Kier alpha value is -3.09. The molecule has 0 radical (unpaired) electrons. The van der Waals surface area contributed by atoms with Crippen molar-refractivity contribution in [2.75, 3.05) is 18.5 Å². The predicted octanol–water partition coefficient (Wildman–Crippen LogP) is 2.78. The lowest BCUT2D eigenvalue weighted by molar-refractivity contribution is -0.123. The Labute approximate surface area is 143 Å². The van der Waals surface area contributed by atoms with Crippen LogP contribution < -0.4 is 14.8 Å². The standard InChI is InChI=1S/C18H16FNO5/c1-11(17(21)20-14-5-3-13(19)4-6-14)25-18(22)12-2-7-15-16(10-12)24-9-8-23-15/h2-7,10-11H,8-9H2,1H3,(H,20,21)/t11-/m0/s1. The Balaban J connectivity index is 1.61. The van der Waals surface area contributed by atoms with E-state index in [2.05, 4.69) is 5.32 Å². The maximum absolute atomic E-state index is 12.9. The number of benzene rings is 2. The predicted molar refractivity (Wildman–Crippen MR) is 87.3 cm³/mol. The summed E-state index contributed by atoms with van der Waals surface area (Å²) in [6.45, 7) is 2.31.